The number of rotatable bonds is 4. The van der Waals surface area contributed by atoms with Gasteiger partial charge in [0.1, 0.15) is 5.75 Å². The zero-order chi connectivity index (χ0) is 13.0. The monoisotopic (exact) mass is 262 g/mol. The Morgan fingerprint density at radius 2 is 1.67 bits per heavy atom. The van der Waals surface area contributed by atoms with Gasteiger partial charge in [0.15, 0.2) is 11.1 Å². The molecule has 0 fully saturated rings. The molecule has 0 amide bonds. The maximum Gasteiger partial charge on any atom is 0.189 e. The molecule has 0 saturated carbocycles. The van der Waals surface area contributed by atoms with Crippen molar-refractivity contribution in [2.75, 3.05) is 6.61 Å². The summed E-state index contributed by atoms with van der Waals surface area (Å²) >= 11 is -1.51. The molecule has 0 saturated heterocycles. The lowest BCUT2D eigenvalue weighted by Gasteiger charge is -2.10. The molecule has 2 aromatic rings. The summed E-state index contributed by atoms with van der Waals surface area (Å²) in [6.45, 7) is 2.17. The van der Waals surface area contributed by atoms with Gasteiger partial charge in [0.05, 0.1) is 11.5 Å². The Hall–Kier alpha value is -1.65. The van der Waals surface area contributed by atoms with Crippen LogP contribution < -0.4 is 0 Å². The van der Waals surface area contributed by atoms with Crippen LogP contribution in [0.1, 0.15) is 6.92 Å². The third-order valence-electron chi connectivity index (χ3n) is 2.49. The van der Waals surface area contributed by atoms with Crippen molar-refractivity contribution in [2.45, 2.75) is 11.8 Å². The van der Waals surface area contributed by atoms with Crippen molar-refractivity contribution in [1.29, 1.82) is 0 Å². The molecule has 94 valence electrons. The second-order valence-corrected chi connectivity index (χ2v) is 4.80. The van der Waals surface area contributed by atoms with Crippen molar-refractivity contribution in [1.82, 2.24) is 0 Å². The fourth-order valence-corrected chi connectivity index (χ4v) is 2.59. The smallest absolute Gasteiger partial charge is 0.189 e. The fraction of sp³-hybridized carbons (Fsp3) is 0.143. The molecule has 0 aliphatic heterocycles. The van der Waals surface area contributed by atoms with E-state index in [1.54, 1.807) is 37.3 Å². The minimum atomic E-state index is -1.51. The van der Waals surface area contributed by atoms with Crippen LogP contribution in [-0.4, -0.2) is 15.9 Å². The maximum atomic E-state index is 12.0. The van der Waals surface area contributed by atoms with Gasteiger partial charge in [0.2, 0.25) is 0 Å². The summed E-state index contributed by atoms with van der Waals surface area (Å²) in [5.41, 5.74) is 1.38. The van der Waals surface area contributed by atoms with Gasteiger partial charge in [0, 0.05) is 11.1 Å². The van der Waals surface area contributed by atoms with Crippen molar-refractivity contribution in [2.24, 2.45) is 0 Å². The molecule has 0 aliphatic carbocycles. The number of aromatic hydroxyl groups is 1. The van der Waals surface area contributed by atoms with E-state index >= 15 is 0 Å². The van der Waals surface area contributed by atoms with Gasteiger partial charge in [-0.3, -0.25) is 4.18 Å². The highest BCUT2D eigenvalue weighted by atomic mass is 32.2. The average molecular weight is 262 g/mol. The molecule has 2 rings (SSSR count). The van der Waals surface area contributed by atoms with Crippen LogP contribution in [0.5, 0.6) is 5.75 Å². The van der Waals surface area contributed by atoms with Crippen LogP contribution in [0.15, 0.2) is 53.4 Å². The minimum Gasteiger partial charge on any atom is -0.507 e. The van der Waals surface area contributed by atoms with Gasteiger partial charge >= 0.3 is 0 Å². The van der Waals surface area contributed by atoms with Crippen molar-refractivity contribution in [3.8, 4) is 16.9 Å². The Morgan fingerprint density at radius 1 is 1.06 bits per heavy atom. The first-order valence-electron chi connectivity index (χ1n) is 5.66. The molecular formula is C14H14O3S. The van der Waals surface area contributed by atoms with Gasteiger partial charge in [0.25, 0.3) is 0 Å². The molecular weight excluding hydrogens is 248 g/mol. The third kappa shape index (κ3) is 2.60. The number of para-hydroxylation sites is 1. The Kier molecular flexibility index (Phi) is 4.12. The summed E-state index contributed by atoms with van der Waals surface area (Å²) in [6, 6.07) is 14.2. The summed E-state index contributed by atoms with van der Waals surface area (Å²) < 4.78 is 17.1. The van der Waals surface area contributed by atoms with E-state index in [-0.39, 0.29) is 5.75 Å². The van der Waals surface area contributed by atoms with Crippen molar-refractivity contribution in [3.05, 3.63) is 48.5 Å². The van der Waals surface area contributed by atoms with Gasteiger partial charge in [-0.15, -0.1) is 0 Å². The second kappa shape index (κ2) is 5.80. The molecule has 1 unspecified atom stereocenters. The fourth-order valence-electron chi connectivity index (χ4n) is 1.71. The molecule has 1 atom stereocenters. The van der Waals surface area contributed by atoms with E-state index in [1.807, 2.05) is 18.2 Å². The summed E-state index contributed by atoms with van der Waals surface area (Å²) in [7, 11) is 0. The van der Waals surface area contributed by atoms with Gasteiger partial charge in [-0.05, 0) is 19.1 Å². The standard InChI is InChI=1S/C14H14O3S/c1-2-17-18(16)14-10-6-4-8-12(14)11-7-3-5-9-13(11)15/h3-10,15H,2H2,1H3. The Balaban J connectivity index is 2.52. The zero-order valence-electron chi connectivity index (χ0n) is 10.00. The summed E-state index contributed by atoms with van der Waals surface area (Å²) in [6.07, 6.45) is 0. The Labute approximate surface area is 109 Å². The number of benzene rings is 2. The first-order chi connectivity index (χ1) is 8.74. The third-order valence-corrected chi connectivity index (χ3v) is 3.65. The number of phenols is 1. The molecule has 0 heterocycles. The first kappa shape index (κ1) is 12.8. The molecule has 4 heteroatoms. The molecule has 18 heavy (non-hydrogen) atoms. The van der Waals surface area contributed by atoms with Gasteiger partial charge < -0.3 is 5.11 Å². The largest absolute Gasteiger partial charge is 0.507 e. The van der Waals surface area contributed by atoms with Gasteiger partial charge in [-0.2, -0.15) is 0 Å². The van der Waals surface area contributed by atoms with Crippen molar-refractivity contribution in [3.63, 3.8) is 0 Å². The number of hydrogen-bond donors (Lipinski definition) is 1. The summed E-state index contributed by atoms with van der Waals surface area (Å²) in [4.78, 5) is 0.570. The highest BCUT2D eigenvalue weighted by molar-refractivity contribution is 7.80. The predicted octanol–water partition coefficient (Wildman–Crippen LogP) is 3.12. The molecule has 0 aromatic heterocycles. The van der Waals surface area contributed by atoms with Crippen LogP contribution in [0.2, 0.25) is 0 Å². The molecule has 0 spiro atoms. The van der Waals surface area contributed by atoms with Crippen molar-refractivity contribution < 1.29 is 13.5 Å². The topological polar surface area (TPSA) is 46.5 Å². The van der Waals surface area contributed by atoms with E-state index in [1.165, 1.54) is 0 Å². The van der Waals surface area contributed by atoms with Crippen LogP contribution in [0.25, 0.3) is 11.1 Å². The van der Waals surface area contributed by atoms with Crippen molar-refractivity contribution >= 4 is 11.1 Å². The maximum absolute atomic E-state index is 12.0. The summed E-state index contributed by atoms with van der Waals surface area (Å²) in [5, 5.41) is 9.86. The molecule has 2 aromatic carbocycles. The first-order valence-corrected chi connectivity index (χ1v) is 6.74. The lowest BCUT2D eigenvalue weighted by Crippen LogP contribution is -1.99. The van der Waals surface area contributed by atoms with E-state index in [0.717, 1.165) is 5.56 Å². The highest BCUT2D eigenvalue weighted by Gasteiger charge is 2.13. The molecule has 1 N–H and O–H groups in total. The molecule has 0 radical (unpaired) electrons. The quantitative estimate of drug-likeness (QED) is 0.920. The Bertz CT molecular complexity index is 566. The number of hydrogen-bond acceptors (Lipinski definition) is 3. The van der Waals surface area contributed by atoms with Crippen LogP contribution in [0, 0.1) is 0 Å². The average Bonchev–Trinajstić information content (AvgIpc) is 2.40. The molecule has 3 nitrogen and oxygen atoms in total. The van der Waals surface area contributed by atoms with E-state index in [0.29, 0.717) is 17.1 Å². The highest BCUT2D eigenvalue weighted by Crippen LogP contribution is 2.32. The minimum absolute atomic E-state index is 0.165. The normalized spacial score (nSPS) is 12.3. The lowest BCUT2D eigenvalue weighted by atomic mass is 10.0. The predicted molar refractivity (Wildman–Crippen MR) is 71.6 cm³/mol. The van der Waals surface area contributed by atoms with Gasteiger partial charge in [-0.25, -0.2) is 4.21 Å². The van der Waals surface area contributed by atoms with E-state index in [4.69, 9.17) is 4.18 Å². The Morgan fingerprint density at radius 3 is 2.33 bits per heavy atom. The lowest BCUT2D eigenvalue weighted by molar-refractivity contribution is 0.372. The number of phenolic OH excluding ortho intramolecular Hbond substituents is 1. The van der Waals surface area contributed by atoms with E-state index in [2.05, 4.69) is 0 Å². The van der Waals surface area contributed by atoms with Crippen LogP contribution in [0.3, 0.4) is 0 Å². The van der Waals surface area contributed by atoms with Crippen LogP contribution >= 0.6 is 0 Å². The van der Waals surface area contributed by atoms with E-state index in [9.17, 15) is 9.32 Å². The zero-order valence-corrected chi connectivity index (χ0v) is 10.8. The molecule has 0 aliphatic rings. The molecule has 0 bridgehead atoms. The van der Waals surface area contributed by atoms with Crippen LogP contribution in [-0.2, 0) is 15.3 Å². The second-order valence-electron chi connectivity index (χ2n) is 3.65. The van der Waals surface area contributed by atoms with Gasteiger partial charge in [-0.1, -0.05) is 36.4 Å². The SMILES string of the molecule is CCOS(=O)c1ccccc1-c1ccccc1O. The summed E-state index contributed by atoms with van der Waals surface area (Å²) in [5.74, 6) is 0.165. The van der Waals surface area contributed by atoms with Crippen LogP contribution in [0.4, 0.5) is 0 Å². The van der Waals surface area contributed by atoms with E-state index < -0.39 is 11.1 Å².